The second-order valence-electron chi connectivity index (χ2n) is 5.26. The largest absolute Gasteiger partial charge is 0.383 e. The molecule has 2 N–H and O–H groups in total. The van der Waals surface area contributed by atoms with E-state index in [1.807, 2.05) is 0 Å². The molecule has 20 heavy (non-hydrogen) atoms. The van der Waals surface area contributed by atoms with Gasteiger partial charge in [0.25, 0.3) is 0 Å². The molecule has 0 radical (unpaired) electrons. The molecule has 0 aliphatic carbocycles. The summed E-state index contributed by atoms with van der Waals surface area (Å²) in [5, 5.41) is 6.08. The summed E-state index contributed by atoms with van der Waals surface area (Å²) in [4.78, 5) is 11.6. The van der Waals surface area contributed by atoms with E-state index < -0.39 is 0 Å². The van der Waals surface area contributed by atoms with Gasteiger partial charge in [-0.1, -0.05) is 17.7 Å². The van der Waals surface area contributed by atoms with Crippen molar-refractivity contribution in [3.8, 4) is 0 Å². The normalized spacial score (nSPS) is 12.2. The van der Waals surface area contributed by atoms with E-state index in [9.17, 15) is 4.79 Å². The number of benzene rings is 1. The van der Waals surface area contributed by atoms with Gasteiger partial charge in [-0.05, 0) is 44.4 Å². The van der Waals surface area contributed by atoms with E-state index in [4.69, 9.17) is 4.74 Å². The van der Waals surface area contributed by atoms with E-state index in [2.05, 4.69) is 50.5 Å². The molecule has 0 aromatic heterocycles. The van der Waals surface area contributed by atoms with Crippen LogP contribution in [0.15, 0.2) is 12.1 Å². The predicted molar refractivity (Wildman–Crippen MR) is 82.0 cm³/mol. The summed E-state index contributed by atoms with van der Waals surface area (Å²) in [5.74, 6) is -0.00341. The first-order valence-corrected chi connectivity index (χ1v) is 7.02. The van der Waals surface area contributed by atoms with Crippen LogP contribution in [0.3, 0.4) is 0 Å². The van der Waals surface area contributed by atoms with Crippen molar-refractivity contribution in [2.24, 2.45) is 0 Å². The molecule has 0 bridgehead atoms. The van der Waals surface area contributed by atoms with E-state index >= 15 is 0 Å². The third-order valence-electron chi connectivity index (χ3n) is 3.37. The Hall–Kier alpha value is -1.39. The summed E-state index contributed by atoms with van der Waals surface area (Å²) in [6.45, 7) is 9.83. The van der Waals surface area contributed by atoms with Crippen LogP contribution < -0.4 is 10.6 Å². The molecule has 0 heterocycles. The highest BCUT2D eigenvalue weighted by Crippen LogP contribution is 2.22. The summed E-state index contributed by atoms with van der Waals surface area (Å²) in [5.41, 5.74) is 5.08. The molecule has 112 valence electrons. The van der Waals surface area contributed by atoms with Crippen LogP contribution in [0, 0.1) is 20.8 Å². The van der Waals surface area contributed by atoms with Crippen molar-refractivity contribution in [1.29, 1.82) is 0 Å². The fourth-order valence-corrected chi connectivity index (χ4v) is 2.58. The van der Waals surface area contributed by atoms with Gasteiger partial charge in [-0.15, -0.1) is 0 Å². The van der Waals surface area contributed by atoms with Gasteiger partial charge in [-0.3, -0.25) is 4.79 Å². The molecule has 0 saturated carbocycles. The van der Waals surface area contributed by atoms with Crippen LogP contribution in [-0.2, 0) is 9.53 Å². The number of ether oxygens (including phenoxy) is 1. The molecule has 0 aliphatic heterocycles. The smallest absolute Gasteiger partial charge is 0.234 e. The van der Waals surface area contributed by atoms with E-state index in [0.29, 0.717) is 19.7 Å². The molecule has 0 fully saturated rings. The first-order valence-electron chi connectivity index (χ1n) is 7.02. The first-order chi connectivity index (χ1) is 9.45. The van der Waals surface area contributed by atoms with Crippen molar-refractivity contribution in [3.63, 3.8) is 0 Å². The molecule has 0 aliphatic rings. The van der Waals surface area contributed by atoms with Gasteiger partial charge < -0.3 is 15.4 Å². The molecule has 1 aromatic carbocycles. The number of hydrogen-bond acceptors (Lipinski definition) is 3. The Balaban J connectivity index is 2.55. The SMILES string of the molecule is COCCNC(=O)CNC(C)c1c(C)cc(C)cc1C. The zero-order valence-electron chi connectivity index (χ0n) is 13.2. The fraction of sp³-hybridized carbons (Fsp3) is 0.562. The predicted octanol–water partition coefficient (Wildman–Crippen LogP) is 2.03. The third-order valence-corrected chi connectivity index (χ3v) is 3.37. The zero-order chi connectivity index (χ0) is 15.1. The second-order valence-corrected chi connectivity index (χ2v) is 5.26. The highest BCUT2D eigenvalue weighted by Gasteiger charge is 2.12. The zero-order valence-corrected chi connectivity index (χ0v) is 13.2. The van der Waals surface area contributed by atoms with Crippen molar-refractivity contribution in [3.05, 3.63) is 34.4 Å². The lowest BCUT2D eigenvalue weighted by Gasteiger charge is -2.19. The van der Waals surface area contributed by atoms with Gasteiger partial charge in [0.05, 0.1) is 13.2 Å². The van der Waals surface area contributed by atoms with Crippen LogP contribution in [-0.4, -0.2) is 32.7 Å². The lowest BCUT2D eigenvalue weighted by Crippen LogP contribution is -2.36. The Morgan fingerprint density at radius 2 is 1.85 bits per heavy atom. The van der Waals surface area contributed by atoms with E-state index in [-0.39, 0.29) is 11.9 Å². The summed E-state index contributed by atoms with van der Waals surface area (Å²) in [6, 6.07) is 4.52. The third kappa shape index (κ3) is 4.94. The number of nitrogens with one attached hydrogen (secondary N) is 2. The maximum absolute atomic E-state index is 11.6. The van der Waals surface area contributed by atoms with E-state index in [1.165, 1.54) is 22.3 Å². The molecule has 1 rings (SSSR count). The molecule has 0 saturated heterocycles. The molecule has 1 unspecified atom stereocenters. The number of aryl methyl sites for hydroxylation is 3. The molecule has 1 atom stereocenters. The standard InChI is InChI=1S/C16H26N2O2/c1-11-8-12(2)16(13(3)9-11)14(4)18-10-15(19)17-6-7-20-5/h8-9,14,18H,6-7,10H2,1-5H3,(H,17,19). The minimum absolute atomic E-state index is 0.00341. The molecule has 1 amide bonds. The van der Waals surface area contributed by atoms with Gasteiger partial charge in [0.2, 0.25) is 5.91 Å². The summed E-state index contributed by atoms with van der Waals surface area (Å²) in [7, 11) is 1.62. The molecular formula is C16H26N2O2. The van der Waals surface area contributed by atoms with Crippen LogP contribution in [0.25, 0.3) is 0 Å². The highest BCUT2D eigenvalue weighted by molar-refractivity contribution is 5.78. The van der Waals surface area contributed by atoms with Crippen LogP contribution in [0.5, 0.6) is 0 Å². The van der Waals surface area contributed by atoms with Crippen molar-refractivity contribution >= 4 is 5.91 Å². The van der Waals surface area contributed by atoms with Gasteiger partial charge in [0.15, 0.2) is 0 Å². The number of rotatable bonds is 7. The Morgan fingerprint density at radius 3 is 2.40 bits per heavy atom. The van der Waals surface area contributed by atoms with E-state index in [0.717, 1.165) is 0 Å². The van der Waals surface area contributed by atoms with Gasteiger partial charge in [-0.2, -0.15) is 0 Å². The Bertz CT molecular complexity index is 435. The highest BCUT2D eigenvalue weighted by atomic mass is 16.5. The molecule has 4 heteroatoms. The van der Waals surface area contributed by atoms with Crippen molar-refractivity contribution in [2.45, 2.75) is 33.7 Å². The van der Waals surface area contributed by atoms with Crippen molar-refractivity contribution < 1.29 is 9.53 Å². The summed E-state index contributed by atoms with van der Waals surface area (Å²) >= 11 is 0. The van der Waals surface area contributed by atoms with Crippen LogP contribution >= 0.6 is 0 Å². The van der Waals surface area contributed by atoms with Crippen LogP contribution in [0.2, 0.25) is 0 Å². The minimum Gasteiger partial charge on any atom is -0.383 e. The topological polar surface area (TPSA) is 50.4 Å². The monoisotopic (exact) mass is 278 g/mol. The average Bonchev–Trinajstić information content (AvgIpc) is 2.35. The average molecular weight is 278 g/mol. The summed E-state index contributed by atoms with van der Waals surface area (Å²) < 4.78 is 4.89. The first kappa shape index (κ1) is 16.7. The molecule has 4 nitrogen and oxygen atoms in total. The van der Waals surface area contributed by atoms with Gasteiger partial charge in [0, 0.05) is 19.7 Å². The van der Waals surface area contributed by atoms with Crippen LogP contribution in [0.4, 0.5) is 0 Å². The number of hydrogen-bond donors (Lipinski definition) is 2. The van der Waals surface area contributed by atoms with Crippen molar-refractivity contribution in [1.82, 2.24) is 10.6 Å². The Kier molecular flexibility index (Phi) is 6.68. The van der Waals surface area contributed by atoms with Gasteiger partial charge in [-0.25, -0.2) is 0 Å². The minimum atomic E-state index is -0.00341. The Morgan fingerprint density at radius 1 is 1.25 bits per heavy atom. The van der Waals surface area contributed by atoms with Crippen molar-refractivity contribution in [2.75, 3.05) is 26.8 Å². The van der Waals surface area contributed by atoms with Gasteiger partial charge >= 0.3 is 0 Å². The quantitative estimate of drug-likeness (QED) is 0.750. The van der Waals surface area contributed by atoms with E-state index in [1.54, 1.807) is 7.11 Å². The maximum Gasteiger partial charge on any atom is 0.234 e. The maximum atomic E-state index is 11.6. The number of carbonyl (C=O) groups excluding carboxylic acids is 1. The second kappa shape index (κ2) is 8.02. The fourth-order valence-electron chi connectivity index (χ4n) is 2.58. The summed E-state index contributed by atoms with van der Waals surface area (Å²) in [6.07, 6.45) is 0. The van der Waals surface area contributed by atoms with Crippen LogP contribution in [0.1, 0.15) is 35.2 Å². The number of carbonyl (C=O) groups is 1. The molecule has 0 spiro atoms. The molecular weight excluding hydrogens is 252 g/mol. The lowest BCUT2D eigenvalue weighted by atomic mass is 9.95. The number of amides is 1. The lowest BCUT2D eigenvalue weighted by molar-refractivity contribution is -0.120. The Labute approximate surface area is 121 Å². The van der Waals surface area contributed by atoms with Gasteiger partial charge in [0.1, 0.15) is 0 Å². The molecule has 1 aromatic rings. The number of methoxy groups -OCH3 is 1.